The summed E-state index contributed by atoms with van der Waals surface area (Å²) < 4.78 is 2.38. The molecule has 0 amide bonds. The Morgan fingerprint density at radius 1 is 0.463 bits per heavy atom. The van der Waals surface area contributed by atoms with Crippen LogP contribution in [0, 0.1) is 0 Å². The molecule has 4 heteroatoms. The van der Waals surface area contributed by atoms with Crippen molar-refractivity contribution in [3.05, 3.63) is 133 Å². The molecule has 0 N–H and O–H groups in total. The maximum absolute atomic E-state index is 5.13. The summed E-state index contributed by atoms with van der Waals surface area (Å²) in [6.07, 6.45) is 0. The molecule has 7 rings (SSSR count). The van der Waals surface area contributed by atoms with Crippen molar-refractivity contribution in [1.29, 1.82) is 0 Å². The number of nitrogens with zero attached hydrogens (tertiary/aromatic N) is 4. The Bertz CT molecular complexity index is 1960. The summed E-state index contributed by atoms with van der Waals surface area (Å²) in [5.74, 6) is 2.11. The summed E-state index contributed by atoms with van der Waals surface area (Å²) in [6, 6.07) is 44.4. The number of rotatable bonds is 4. The first-order chi connectivity index (χ1) is 20.0. The SMILES string of the molecule is CC(C)(C)c1nc(-c2ccccc2)nc(-c2cccc(-c3ccccc3)c2-n2c3ccccc3c3ccccc32)n1. The van der Waals surface area contributed by atoms with Gasteiger partial charge < -0.3 is 4.57 Å². The third-order valence-corrected chi connectivity index (χ3v) is 7.50. The van der Waals surface area contributed by atoms with E-state index in [2.05, 4.69) is 135 Å². The van der Waals surface area contributed by atoms with Gasteiger partial charge in [0.05, 0.1) is 16.7 Å². The van der Waals surface area contributed by atoms with Crippen LogP contribution in [-0.4, -0.2) is 19.5 Å². The molecule has 0 saturated carbocycles. The van der Waals surface area contributed by atoms with Crippen molar-refractivity contribution in [2.75, 3.05) is 0 Å². The van der Waals surface area contributed by atoms with Crippen molar-refractivity contribution in [2.24, 2.45) is 0 Å². The summed E-state index contributed by atoms with van der Waals surface area (Å²) in [5, 5.41) is 2.43. The number of benzene rings is 5. The molecular weight excluding hydrogens is 500 g/mol. The first-order valence-electron chi connectivity index (χ1n) is 14.0. The largest absolute Gasteiger partial charge is 0.308 e. The van der Waals surface area contributed by atoms with Gasteiger partial charge in [0.25, 0.3) is 0 Å². The van der Waals surface area contributed by atoms with Gasteiger partial charge in [-0.25, -0.2) is 15.0 Å². The van der Waals surface area contributed by atoms with Crippen LogP contribution in [0.5, 0.6) is 0 Å². The molecule has 4 nitrogen and oxygen atoms in total. The number of hydrogen-bond donors (Lipinski definition) is 0. The van der Waals surface area contributed by atoms with E-state index in [9.17, 15) is 0 Å². The lowest BCUT2D eigenvalue weighted by molar-refractivity contribution is 0.543. The molecule has 2 heterocycles. The summed E-state index contributed by atoms with van der Waals surface area (Å²) in [5.41, 5.74) is 7.28. The normalized spacial score (nSPS) is 11.8. The van der Waals surface area contributed by atoms with E-state index in [1.54, 1.807) is 0 Å². The number of aromatic nitrogens is 4. The van der Waals surface area contributed by atoms with Crippen LogP contribution in [0.2, 0.25) is 0 Å². The van der Waals surface area contributed by atoms with Gasteiger partial charge in [-0.3, -0.25) is 0 Å². The Labute approximate surface area is 240 Å². The minimum atomic E-state index is -0.259. The van der Waals surface area contributed by atoms with Gasteiger partial charge in [0, 0.05) is 32.9 Å². The predicted octanol–water partition coefficient (Wildman–Crippen LogP) is 9.27. The minimum absolute atomic E-state index is 0.259. The average molecular weight is 531 g/mol. The molecule has 0 radical (unpaired) electrons. The molecule has 0 aliphatic rings. The topological polar surface area (TPSA) is 43.6 Å². The molecule has 41 heavy (non-hydrogen) atoms. The Morgan fingerprint density at radius 3 is 1.59 bits per heavy atom. The van der Waals surface area contributed by atoms with Gasteiger partial charge in [0.2, 0.25) is 0 Å². The van der Waals surface area contributed by atoms with Crippen molar-refractivity contribution in [2.45, 2.75) is 26.2 Å². The minimum Gasteiger partial charge on any atom is -0.308 e. The van der Waals surface area contributed by atoms with Gasteiger partial charge in [0.1, 0.15) is 5.82 Å². The molecular formula is C37H30N4. The van der Waals surface area contributed by atoms with Gasteiger partial charge in [-0.2, -0.15) is 0 Å². The summed E-state index contributed by atoms with van der Waals surface area (Å²) in [4.78, 5) is 15.2. The highest BCUT2D eigenvalue weighted by atomic mass is 15.1. The van der Waals surface area contributed by atoms with Crippen LogP contribution in [0.25, 0.3) is 61.4 Å². The second-order valence-corrected chi connectivity index (χ2v) is 11.4. The fraction of sp³-hybridized carbons (Fsp3) is 0.108. The predicted molar refractivity (Wildman–Crippen MR) is 169 cm³/mol. The van der Waals surface area contributed by atoms with Crippen molar-refractivity contribution in [3.8, 4) is 39.6 Å². The Kier molecular flexibility index (Phi) is 5.97. The zero-order chi connectivity index (χ0) is 28.0. The number of hydrogen-bond acceptors (Lipinski definition) is 3. The van der Waals surface area contributed by atoms with E-state index in [1.807, 2.05) is 18.2 Å². The first-order valence-corrected chi connectivity index (χ1v) is 14.0. The molecule has 0 fully saturated rings. The molecule has 0 unspecified atom stereocenters. The summed E-state index contributed by atoms with van der Waals surface area (Å²) in [7, 11) is 0. The van der Waals surface area contributed by atoms with Crippen LogP contribution in [-0.2, 0) is 5.41 Å². The summed E-state index contributed by atoms with van der Waals surface area (Å²) in [6.45, 7) is 6.44. The van der Waals surface area contributed by atoms with Crippen LogP contribution in [0.3, 0.4) is 0 Å². The van der Waals surface area contributed by atoms with E-state index < -0.39 is 0 Å². The molecule has 0 bridgehead atoms. The van der Waals surface area contributed by atoms with Crippen molar-refractivity contribution >= 4 is 21.8 Å². The van der Waals surface area contributed by atoms with Crippen molar-refractivity contribution in [1.82, 2.24) is 19.5 Å². The van der Waals surface area contributed by atoms with E-state index in [1.165, 1.54) is 10.8 Å². The van der Waals surface area contributed by atoms with Crippen molar-refractivity contribution < 1.29 is 0 Å². The van der Waals surface area contributed by atoms with Crippen LogP contribution < -0.4 is 0 Å². The van der Waals surface area contributed by atoms with E-state index in [0.717, 1.165) is 44.8 Å². The molecule has 0 atom stereocenters. The zero-order valence-electron chi connectivity index (χ0n) is 23.4. The van der Waals surface area contributed by atoms with Crippen molar-refractivity contribution in [3.63, 3.8) is 0 Å². The van der Waals surface area contributed by atoms with E-state index in [0.29, 0.717) is 11.6 Å². The fourth-order valence-corrected chi connectivity index (χ4v) is 5.53. The molecule has 198 valence electrons. The number of fused-ring (bicyclic) bond motifs is 3. The highest BCUT2D eigenvalue weighted by molar-refractivity contribution is 6.10. The quantitative estimate of drug-likeness (QED) is 0.228. The molecule has 0 saturated heterocycles. The van der Waals surface area contributed by atoms with E-state index >= 15 is 0 Å². The van der Waals surface area contributed by atoms with Gasteiger partial charge >= 0.3 is 0 Å². The van der Waals surface area contributed by atoms with Crippen LogP contribution in [0.4, 0.5) is 0 Å². The highest BCUT2D eigenvalue weighted by Crippen LogP contribution is 2.41. The molecule has 5 aromatic carbocycles. The third kappa shape index (κ3) is 4.38. The van der Waals surface area contributed by atoms with Gasteiger partial charge in [0.15, 0.2) is 11.6 Å². The lowest BCUT2D eigenvalue weighted by atomic mass is 9.95. The molecule has 2 aromatic heterocycles. The second-order valence-electron chi connectivity index (χ2n) is 11.4. The van der Waals surface area contributed by atoms with Crippen LogP contribution in [0.15, 0.2) is 127 Å². The third-order valence-electron chi connectivity index (χ3n) is 7.50. The Hall–Kier alpha value is -5.09. The maximum Gasteiger partial charge on any atom is 0.165 e. The smallest absolute Gasteiger partial charge is 0.165 e. The lowest BCUT2D eigenvalue weighted by Gasteiger charge is -2.21. The highest BCUT2D eigenvalue weighted by Gasteiger charge is 2.24. The van der Waals surface area contributed by atoms with E-state index in [4.69, 9.17) is 15.0 Å². The second kappa shape index (κ2) is 9.83. The van der Waals surface area contributed by atoms with Gasteiger partial charge in [-0.1, -0.05) is 130 Å². The maximum atomic E-state index is 5.13. The monoisotopic (exact) mass is 530 g/mol. The lowest BCUT2D eigenvalue weighted by Crippen LogP contribution is -2.18. The molecule has 0 spiro atoms. The number of para-hydroxylation sites is 3. The fourth-order valence-electron chi connectivity index (χ4n) is 5.53. The zero-order valence-corrected chi connectivity index (χ0v) is 23.4. The molecule has 7 aromatic rings. The van der Waals surface area contributed by atoms with Gasteiger partial charge in [-0.15, -0.1) is 0 Å². The standard InChI is InChI=1S/C37H30N4/c1-37(2,3)36-39-34(26-17-8-5-9-18-26)38-35(40-36)30-22-14-21-27(25-15-6-4-7-16-25)33(30)41-31-23-12-10-19-28(31)29-20-11-13-24-32(29)41/h4-24H,1-3H3. The first kappa shape index (κ1) is 24.9. The van der Waals surface area contributed by atoms with E-state index in [-0.39, 0.29) is 5.41 Å². The Balaban J connectivity index is 1.61. The average Bonchev–Trinajstić information content (AvgIpc) is 3.35. The molecule has 0 aliphatic heterocycles. The van der Waals surface area contributed by atoms with Crippen LogP contribution >= 0.6 is 0 Å². The Morgan fingerprint density at radius 2 is 0.976 bits per heavy atom. The summed E-state index contributed by atoms with van der Waals surface area (Å²) >= 11 is 0. The van der Waals surface area contributed by atoms with Gasteiger partial charge in [-0.05, 0) is 23.8 Å². The molecule has 0 aliphatic carbocycles. The van der Waals surface area contributed by atoms with Crippen LogP contribution in [0.1, 0.15) is 26.6 Å².